The summed E-state index contributed by atoms with van der Waals surface area (Å²) in [6.45, 7) is 1.22. The molecule has 0 aliphatic heterocycles. The molecule has 1 unspecified atom stereocenters. The highest BCUT2D eigenvalue weighted by molar-refractivity contribution is 5.78. The quantitative estimate of drug-likeness (QED) is 0.825. The van der Waals surface area contributed by atoms with Crippen LogP contribution in [0.5, 0.6) is 0 Å². The van der Waals surface area contributed by atoms with Crippen LogP contribution in [0.2, 0.25) is 0 Å². The van der Waals surface area contributed by atoms with Crippen molar-refractivity contribution in [3.05, 3.63) is 29.8 Å². The molecule has 2 N–H and O–H groups in total. The van der Waals surface area contributed by atoms with E-state index in [0.717, 1.165) is 12.1 Å². The zero-order chi connectivity index (χ0) is 14.6. The molecule has 0 radical (unpaired) electrons. The van der Waals surface area contributed by atoms with E-state index < -0.39 is 29.6 Å². The first-order valence-corrected chi connectivity index (χ1v) is 5.49. The maximum Gasteiger partial charge on any atom is 0.326 e. The lowest BCUT2D eigenvalue weighted by Crippen LogP contribution is -2.40. The third-order valence-electron chi connectivity index (χ3n) is 2.63. The van der Waals surface area contributed by atoms with Crippen molar-refractivity contribution in [3.63, 3.8) is 0 Å². The fourth-order valence-corrected chi connectivity index (χ4v) is 1.56. The number of halogens is 2. The van der Waals surface area contributed by atoms with E-state index in [-0.39, 0.29) is 18.7 Å². The zero-order valence-corrected chi connectivity index (χ0v) is 10.1. The smallest absolute Gasteiger partial charge is 0.326 e. The van der Waals surface area contributed by atoms with Crippen LogP contribution in [-0.2, 0) is 9.59 Å². The molecule has 0 heterocycles. The Morgan fingerprint density at radius 2 is 1.89 bits per heavy atom. The number of hydrogen-bond acceptors (Lipinski definition) is 3. The predicted octanol–water partition coefficient (Wildman–Crippen LogP) is 1.72. The van der Waals surface area contributed by atoms with Gasteiger partial charge in [0.05, 0.1) is 6.42 Å². The maximum atomic E-state index is 13.1. The van der Waals surface area contributed by atoms with Gasteiger partial charge < -0.3 is 15.1 Å². The van der Waals surface area contributed by atoms with E-state index in [1.807, 2.05) is 0 Å². The predicted molar refractivity (Wildman–Crippen MR) is 63.1 cm³/mol. The van der Waals surface area contributed by atoms with Crippen LogP contribution in [0, 0.1) is 11.6 Å². The first kappa shape index (κ1) is 14.9. The van der Waals surface area contributed by atoms with E-state index in [1.165, 1.54) is 17.9 Å². The molecule has 0 aliphatic carbocycles. The molecule has 0 spiro atoms. The Bertz CT molecular complexity index is 493. The van der Waals surface area contributed by atoms with Gasteiger partial charge in [-0.05, 0) is 19.1 Å². The van der Waals surface area contributed by atoms with Gasteiger partial charge in [0.15, 0.2) is 11.6 Å². The number of aliphatic carboxylic acids is 2. The van der Waals surface area contributed by atoms with E-state index in [9.17, 15) is 18.4 Å². The molecular weight excluding hydrogens is 260 g/mol. The number of nitrogens with zero attached hydrogens (tertiary/aromatic N) is 1. The number of rotatable bonds is 6. The number of carboxylic acid groups (broad SMARTS) is 2. The number of carbonyl (C=O) groups is 2. The normalized spacial score (nSPS) is 11.9. The van der Waals surface area contributed by atoms with Crippen LogP contribution >= 0.6 is 0 Å². The second-order valence-corrected chi connectivity index (χ2v) is 3.95. The third kappa shape index (κ3) is 3.90. The molecule has 1 atom stereocenters. The van der Waals surface area contributed by atoms with E-state index >= 15 is 0 Å². The van der Waals surface area contributed by atoms with Crippen molar-refractivity contribution in [2.45, 2.75) is 19.4 Å². The van der Waals surface area contributed by atoms with E-state index in [2.05, 4.69) is 0 Å². The minimum Gasteiger partial charge on any atom is -0.481 e. The van der Waals surface area contributed by atoms with Gasteiger partial charge in [0.25, 0.3) is 0 Å². The number of anilines is 1. The molecule has 0 amide bonds. The second kappa shape index (κ2) is 6.12. The first-order valence-electron chi connectivity index (χ1n) is 5.49. The molecular formula is C12H13F2NO4. The SMILES string of the molecule is CC(C(=O)O)N(CCC(=O)O)c1ccc(F)c(F)c1. The Kier molecular flexibility index (Phi) is 4.80. The van der Waals surface area contributed by atoms with Crippen LogP contribution in [-0.4, -0.2) is 34.7 Å². The summed E-state index contributed by atoms with van der Waals surface area (Å²) in [5.74, 6) is -4.46. The van der Waals surface area contributed by atoms with Gasteiger partial charge >= 0.3 is 11.9 Å². The van der Waals surface area contributed by atoms with Gasteiger partial charge in [-0.1, -0.05) is 0 Å². The lowest BCUT2D eigenvalue weighted by atomic mass is 10.2. The standard InChI is InChI=1S/C12H13F2NO4/c1-7(12(18)19)15(5-4-11(16)17)8-2-3-9(13)10(14)6-8/h2-3,6-7H,4-5H2,1H3,(H,16,17)(H,18,19). The average molecular weight is 273 g/mol. The summed E-state index contributed by atoms with van der Waals surface area (Å²) in [7, 11) is 0. The van der Waals surface area contributed by atoms with Crippen LogP contribution < -0.4 is 4.90 Å². The summed E-state index contributed by atoms with van der Waals surface area (Å²) < 4.78 is 26.0. The van der Waals surface area contributed by atoms with E-state index in [0.29, 0.717) is 0 Å². The lowest BCUT2D eigenvalue weighted by Gasteiger charge is -2.28. The minimum absolute atomic E-state index is 0.117. The highest BCUT2D eigenvalue weighted by Gasteiger charge is 2.22. The van der Waals surface area contributed by atoms with Crippen molar-refractivity contribution < 1.29 is 28.6 Å². The van der Waals surface area contributed by atoms with Crippen LogP contribution in [0.25, 0.3) is 0 Å². The molecule has 1 aromatic carbocycles. The number of hydrogen-bond donors (Lipinski definition) is 2. The van der Waals surface area contributed by atoms with Crippen LogP contribution in [0.1, 0.15) is 13.3 Å². The molecule has 0 bridgehead atoms. The van der Waals surface area contributed by atoms with Gasteiger partial charge in [0.2, 0.25) is 0 Å². The summed E-state index contributed by atoms with van der Waals surface area (Å²) in [5, 5.41) is 17.6. The van der Waals surface area contributed by atoms with Gasteiger partial charge in [-0.15, -0.1) is 0 Å². The Labute approximate surface area is 108 Å². The van der Waals surface area contributed by atoms with Gasteiger partial charge in [-0.2, -0.15) is 0 Å². The number of carboxylic acids is 2. The Balaban J connectivity index is 3.03. The highest BCUT2D eigenvalue weighted by Crippen LogP contribution is 2.20. The highest BCUT2D eigenvalue weighted by atomic mass is 19.2. The van der Waals surface area contributed by atoms with Crippen LogP contribution in [0.15, 0.2) is 18.2 Å². The topological polar surface area (TPSA) is 77.8 Å². The van der Waals surface area contributed by atoms with E-state index in [4.69, 9.17) is 10.2 Å². The second-order valence-electron chi connectivity index (χ2n) is 3.95. The fourth-order valence-electron chi connectivity index (χ4n) is 1.56. The number of benzene rings is 1. The molecule has 1 aromatic rings. The van der Waals surface area contributed by atoms with Crippen molar-refractivity contribution in [1.82, 2.24) is 0 Å². The molecule has 0 saturated carbocycles. The molecule has 0 aromatic heterocycles. The van der Waals surface area contributed by atoms with Crippen molar-refractivity contribution >= 4 is 17.6 Å². The van der Waals surface area contributed by atoms with Crippen LogP contribution in [0.4, 0.5) is 14.5 Å². The molecule has 0 saturated heterocycles. The first-order chi connectivity index (χ1) is 8.82. The van der Waals surface area contributed by atoms with Gasteiger partial charge in [-0.25, -0.2) is 13.6 Å². The lowest BCUT2D eigenvalue weighted by molar-refractivity contribution is -0.139. The molecule has 5 nitrogen and oxygen atoms in total. The van der Waals surface area contributed by atoms with Crippen LogP contribution in [0.3, 0.4) is 0 Å². The average Bonchev–Trinajstić information content (AvgIpc) is 2.33. The molecule has 0 aliphatic rings. The largest absolute Gasteiger partial charge is 0.481 e. The summed E-state index contributed by atoms with van der Waals surface area (Å²) in [6, 6.07) is 1.87. The Morgan fingerprint density at radius 3 is 2.37 bits per heavy atom. The van der Waals surface area contributed by atoms with Crippen molar-refractivity contribution in [2.24, 2.45) is 0 Å². The molecule has 7 heteroatoms. The van der Waals surface area contributed by atoms with Crippen molar-refractivity contribution in [1.29, 1.82) is 0 Å². The monoisotopic (exact) mass is 273 g/mol. The van der Waals surface area contributed by atoms with Crippen molar-refractivity contribution in [2.75, 3.05) is 11.4 Å². The molecule has 19 heavy (non-hydrogen) atoms. The summed E-state index contributed by atoms with van der Waals surface area (Å²) in [6.07, 6.45) is -0.309. The Hall–Kier alpha value is -2.18. The van der Waals surface area contributed by atoms with Crippen molar-refractivity contribution in [3.8, 4) is 0 Å². The summed E-state index contributed by atoms with van der Waals surface area (Å²) >= 11 is 0. The molecule has 0 fully saturated rings. The third-order valence-corrected chi connectivity index (χ3v) is 2.63. The Morgan fingerprint density at radius 1 is 1.26 bits per heavy atom. The zero-order valence-electron chi connectivity index (χ0n) is 10.1. The van der Waals surface area contributed by atoms with E-state index in [1.54, 1.807) is 0 Å². The maximum absolute atomic E-state index is 13.1. The fraction of sp³-hybridized carbons (Fsp3) is 0.333. The van der Waals surface area contributed by atoms with Gasteiger partial charge in [-0.3, -0.25) is 4.79 Å². The van der Waals surface area contributed by atoms with Gasteiger partial charge in [0.1, 0.15) is 6.04 Å². The minimum atomic E-state index is -1.19. The molecule has 1 rings (SSSR count). The summed E-state index contributed by atoms with van der Waals surface area (Å²) in [4.78, 5) is 22.7. The summed E-state index contributed by atoms with van der Waals surface area (Å²) in [5.41, 5.74) is 0.120. The molecule has 104 valence electrons. The van der Waals surface area contributed by atoms with Gasteiger partial charge in [0, 0.05) is 18.3 Å².